The van der Waals surface area contributed by atoms with Crippen molar-refractivity contribution in [2.75, 3.05) is 12.4 Å². The molecule has 1 amide bonds. The lowest BCUT2D eigenvalue weighted by atomic mass is 10.1. The molecule has 162 valence electrons. The molecule has 1 atom stereocenters. The first kappa shape index (κ1) is 22.1. The van der Waals surface area contributed by atoms with Crippen LogP contribution in [0, 0.1) is 20.8 Å². The summed E-state index contributed by atoms with van der Waals surface area (Å²) in [6.07, 6.45) is -0.964. The van der Waals surface area contributed by atoms with Gasteiger partial charge in [-0.05, 0) is 57.5 Å². The lowest BCUT2D eigenvalue weighted by Crippen LogP contribution is -2.30. The van der Waals surface area contributed by atoms with E-state index in [1.165, 1.54) is 12.5 Å². The Kier molecular flexibility index (Phi) is 6.74. The number of methoxy groups -OCH3 is 1. The molecule has 0 aliphatic heterocycles. The molecule has 0 bridgehead atoms. The van der Waals surface area contributed by atoms with E-state index in [-0.39, 0.29) is 0 Å². The fourth-order valence-electron chi connectivity index (χ4n) is 3.20. The number of carbonyl (C=O) groups is 2. The number of hydrogen-bond donors (Lipinski definition) is 1. The Hall–Kier alpha value is -3.61. The molecule has 1 heterocycles. The number of esters is 1. The molecule has 0 aliphatic rings. The molecule has 0 saturated carbocycles. The first-order chi connectivity index (χ1) is 14.8. The average molecular weight is 421 g/mol. The number of aromatic nitrogens is 2. The van der Waals surface area contributed by atoms with Gasteiger partial charge in [-0.1, -0.05) is 29.8 Å². The van der Waals surface area contributed by atoms with E-state index in [0.717, 1.165) is 5.56 Å². The van der Waals surface area contributed by atoms with Gasteiger partial charge in [-0.3, -0.25) is 9.48 Å². The van der Waals surface area contributed by atoms with Crippen molar-refractivity contribution in [2.45, 2.75) is 40.3 Å². The lowest BCUT2D eigenvalue weighted by Gasteiger charge is -2.14. The Bertz CT molecular complexity index is 1070. The van der Waals surface area contributed by atoms with Gasteiger partial charge in [-0.2, -0.15) is 5.10 Å². The van der Waals surface area contributed by atoms with Crippen molar-refractivity contribution in [3.8, 4) is 5.75 Å². The van der Waals surface area contributed by atoms with E-state index in [2.05, 4.69) is 10.4 Å². The van der Waals surface area contributed by atoms with E-state index >= 15 is 0 Å². The zero-order chi connectivity index (χ0) is 22.5. The normalized spacial score (nSPS) is 11.6. The second kappa shape index (κ2) is 9.47. The second-order valence-electron chi connectivity index (χ2n) is 7.45. The Morgan fingerprint density at radius 3 is 2.29 bits per heavy atom. The van der Waals surface area contributed by atoms with Crippen LogP contribution in [0.5, 0.6) is 5.75 Å². The summed E-state index contributed by atoms with van der Waals surface area (Å²) in [6.45, 7) is 7.71. The number of amides is 1. The van der Waals surface area contributed by atoms with Crippen molar-refractivity contribution in [1.29, 1.82) is 0 Å². The molecule has 1 aromatic heterocycles. The number of rotatable bonds is 7. The summed E-state index contributed by atoms with van der Waals surface area (Å²) in [5.74, 6) is -0.297. The number of benzene rings is 2. The van der Waals surface area contributed by atoms with E-state index in [9.17, 15) is 9.59 Å². The van der Waals surface area contributed by atoms with Gasteiger partial charge in [-0.15, -0.1) is 0 Å². The van der Waals surface area contributed by atoms with Gasteiger partial charge >= 0.3 is 5.97 Å². The third kappa shape index (κ3) is 5.31. The Morgan fingerprint density at radius 2 is 1.68 bits per heavy atom. The van der Waals surface area contributed by atoms with E-state index in [4.69, 9.17) is 9.47 Å². The quantitative estimate of drug-likeness (QED) is 0.582. The van der Waals surface area contributed by atoms with Gasteiger partial charge in [-0.25, -0.2) is 4.79 Å². The predicted octanol–water partition coefficient (Wildman–Crippen LogP) is 4.05. The fourth-order valence-corrected chi connectivity index (χ4v) is 3.20. The molecule has 0 radical (unpaired) electrons. The number of hydrogen-bond acceptors (Lipinski definition) is 5. The topological polar surface area (TPSA) is 82.4 Å². The van der Waals surface area contributed by atoms with Crippen molar-refractivity contribution >= 4 is 17.6 Å². The van der Waals surface area contributed by atoms with Crippen LogP contribution in [0.1, 0.15) is 39.8 Å². The molecular formula is C24H27N3O4. The average Bonchev–Trinajstić information content (AvgIpc) is 3.03. The SMILES string of the molecule is COc1ccc(NC(=O)[C@H](C)OC(=O)c2c(C)nn(Cc3ccc(C)cc3)c2C)cc1. The van der Waals surface area contributed by atoms with Gasteiger partial charge in [0.1, 0.15) is 11.3 Å². The Morgan fingerprint density at radius 1 is 1.03 bits per heavy atom. The van der Waals surface area contributed by atoms with E-state index in [1.807, 2.05) is 38.1 Å². The van der Waals surface area contributed by atoms with Crippen LogP contribution in [0.3, 0.4) is 0 Å². The third-order valence-electron chi connectivity index (χ3n) is 5.05. The molecule has 31 heavy (non-hydrogen) atoms. The first-order valence-electron chi connectivity index (χ1n) is 10.0. The van der Waals surface area contributed by atoms with Gasteiger partial charge in [0.25, 0.3) is 5.91 Å². The number of anilines is 1. The summed E-state index contributed by atoms with van der Waals surface area (Å²) in [7, 11) is 1.57. The van der Waals surface area contributed by atoms with Crippen LogP contribution in [0.25, 0.3) is 0 Å². The summed E-state index contributed by atoms with van der Waals surface area (Å²) in [5.41, 5.74) is 4.51. The molecule has 7 nitrogen and oxygen atoms in total. The molecule has 3 aromatic rings. The smallest absolute Gasteiger partial charge is 0.342 e. The highest BCUT2D eigenvalue weighted by atomic mass is 16.5. The number of aryl methyl sites for hydroxylation is 2. The van der Waals surface area contributed by atoms with Crippen molar-refractivity contribution in [3.63, 3.8) is 0 Å². The lowest BCUT2D eigenvalue weighted by molar-refractivity contribution is -0.123. The summed E-state index contributed by atoms with van der Waals surface area (Å²) in [6, 6.07) is 15.1. The number of nitrogens with zero attached hydrogens (tertiary/aromatic N) is 2. The number of carbonyl (C=O) groups excluding carboxylic acids is 2. The summed E-state index contributed by atoms with van der Waals surface area (Å²) < 4.78 is 12.3. The van der Waals surface area contributed by atoms with Crippen molar-refractivity contribution in [1.82, 2.24) is 9.78 Å². The van der Waals surface area contributed by atoms with Gasteiger partial charge in [0.15, 0.2) is 6.10 Å². The Labute approximate surface area is 182 Å². The minimum absolute atomic E-state index is 0.385. The molecule has 0 fully saturated rings. The third-order valence-corrected chi connectivity index (χ3v) is 5.05. The summed E-state index contributed by atoms with van der Waals surface area (Å²) >= 11 is 0. The minimum Gasteiger partial charge on any atom is -0.497 e. The van der Waals surface area contributed by atoms with E-state index in [1.54, 1.807) is 43.0 Å². The van der Waals surface area contributed by atoms with Crippen LogP contribution in [-0.4, -0.2) is 34.9 Å². The van der Waals surface area contributed by atoms with Crippen LogP contribution in [0.4, 0.5) is 5.69 Å². The molecule has 2 aromatic carbocycles. The van der Waals surface area contributed by atoms with Crippen molar-refractivity contribution in [2.24, 2.45) is 0 Å². The van der Waals surface area contributed by atoms with Crippen LogP contribution in [-0.2, 0) is 16.1 Å². The number of nitrogens with one attached hydrogen (secondary N) is 1. The molecule has 0 unspecified atom stereocenters. The maximum absolute atomic E-state index is 12.8. The molecule has 0 spiro atoms. The first-order valence-corrected chi connectivity index (χ1v) is 10.0. The van der Waals surface area contributed by atoms with Crippen LogP contribution >= 0.6 is 0 Å². The summed E-state index contributed by atoms with van der Waals surface area (Å²) in [4.78, 5) is 25.2. The number of ether oxygens (including phenoxy) is 2. The zero-order valence-electron chi connectivity index (χ0n) is 18.4. The van der Waals surface area contributed by atoms with E-state index in [0.29, 0.717) is 34.9 Å². The monoisotopic (exact) mass is 421 g/mol. The standard InChI is InChI=1S/C24H27N3O4/c1-15-6-8-19(9-7-15)14-27-17(3)22(16(2)26-27)24(29)31-18(4)23(28)25-20-10-12-21(30-5)13-11-20/h6-13,18H,14H2,1-5H3,(H,25,28)/t18-/m0/s1. The maximum atomic E-state index is 12.8. The van der Waals surface area contributed by atoms with Gasteiger partial charge in [0.2, 0.25) is 0 Å². The largest absolute Gasteiger partial charge is 0.497 e. The van der Waals surface area contributed by atoms with Crippen LogP contribution < -0.4 is 10.1 Å². The minimum atomic E-state index is -0.964. The second-order valence-corrected chi connectivity index (χ2v) is 7.45. The molecule has 3 rings (SSSR count). The van der Waals surface area contributed by atoms with Crippen LogP contribution in [0.2, 0.25) is 0 Å². The molecule has 0 saturated heterocycles. The predicted molar refractivity (Wildman–Crippen MR) is 118 cm³/mol. The molecule has 0 aliphatic carbocycles. The highest BCUT2D eigenvalue weighted by molar-refractivity contribution is 5.98. The highest BCUT2D eigenvalue weighted by Gasteiger charge is 2.24. The van der Waals surface area contributed by atoms with Crippen LogP contribution in [0.15, 0.2) is 48.5 Å². The maximum Gasteiger partial charge on any atom is 0.342 e. The van der Waals surface area contributed by atoms with Crippen molar-refractivity contribution < 1.29 is 19.1 Å². The molecule has 7 heteroatoms. The van der Waals surface area contributed by atoms with Gasteiger partial charge in [0, 0.05) is 5.69 Å². The van der Waals surface area contributed by atoms with Gasteiger partial charge < -0.3 is 14.8 Å². The summed E-state index contributed by atoms with van der Waals surface area (Å²) in [5, 5.41) is 7.22. The fraction of sp³-hybridized carbons (Fsp3) is 0.292. The molecule has 1 N–H and O–H groups in total. The zero-order valence-corrected chi connectivity index (χ0v) is 18.4. The van der Waals surface area contributed by atoms with E-state index < -0.39 is 18.0 Å². The highest BCUT2D eigenvalue weighted by Crippen LogP contribution is 2.18. The van der Waals surface area contributed by atoms with Gasteiger partial charge in [0.05, 0.1) is 25.0 Å². The van der Waals surface area contributed by atoms with Crippen molar-refractivity contribution in [3.05, 3.63) is 76.6 Å². The molecular weight excluding hydrogens is 394 g/mol. The Balaban J connectivity index is 1.66.